The van der Waals surface area contributed by atoms with Gasteiger partial charge >= 0.3 is 0 Å². The number of halogens is 1. The summed E-state index contributed by atoms with van der Waals surface area (Å²) in [5, 5.41) is 11.3. The fourth-order valence-corrected chi connectivity index (χ4v) is 1.14. The van der Waals surface area contributed by atoms with Crippen molar-refractivity contribution in [2.45, 2.75) is 20.8 Å². The molecule has 0 aliphatic carbocycles. The van der Waals surface area contributed by atoms with Crippen molar-refractivity contribution in [1.82, 2.24) is 10.2 Å². The standard InChI is InChI=1S/C10H12ClN3/c1-4-5-6-12-10-8(3)7(2)9(11)13-14-10/h6H2,1-3H3,(H,12,14). The third-order valence-corrected chi connectivity index (χ3v) is 2.35. The average Bonchev–Trinajstić information content (AvgIpc) is 2.18. The maximum absolute atomic E-state index is 5.82. The second-order valence-electron chi connectivity index (χ2n) is 2.87. The number of hydrogen-bond acceptors (Lipinski definition) is 3. The van der Waals surface area contributed by atoms with E-state index in [9.17, 15) is 0 Å². The molecule has 1 aromatic rings. The maximum Gasteiger partial charge on any atom is 0.155 e. The third-order valence-electron chi connectivity index (χ3n) is 1.99. The Bertz CT molecular complexity index is 390. The van der Waals surface area contributed by atoms with E-state index >= 15 is 0 Å². The summed E-state index contributed by atoms with van der Waals surface area (Å²) < 4.78 is 0. The van der Waals surface area contributed by atoms with Crippen LogP contribution in [0.5, 0.6) is 0 Å². The number of nitrogens with zero attached hydrogens (tertiary/aromatic N) is 2. The van der Waals surface area contributed by atoms with E-state index in [0.29, 0.717) is 11.7 Å². The Balaban J connectivity index is 2.86. The number of aromatic nitrogens is 2. The number of anilines is 1. The summed E-state index contributed by atoms with van der Waals surface area (Å²) in [4.78, 5) is 0. The predicted molar refractivity (Wildman–Crippen MR) is 58.5 cm³/mol. The van der Waals surface area contributed by atoms with Crippen molar-refractivity contribution in [3.8, 4) is 11.8 Å². The molecule has 0 saturated heterocycles. The van der Waals surface area contributed by atoms with Gasteiger partial charge in [-0.25, -0.2) is 0 Å². The molecule has 0 atom stereocenters. The first-order chi connectivity index (χ1) is 6.66. The van der Waals surface area contributed by atoms with Gasteiger partial charge in [-0.1, -0.05) is 17.5 Å². The predicted octanol–water partition coefficient (Wildman–Crippen LogP) is 2.18. The minimum atomic E-state index is 0.453. The molecule has 4 heteroatoms. The summed E-state index contributed by atoms with van der Waals surface area (Å²) in [5.41, 5.74) is 1.97. The van der Waals surface area contributed by atoms with Crippen molar-refractivity contribution in [1.29, 1.82) is 0 Å². The average molecular weight is 210 g/mol. The third kappa shape index (κ3) is 2.36. The molecular formula is C10H12ClN3. The Morgan fingerprint density at radius 1 is 1.29 bits per heavy atom. The van der Waals surface area contributed by atoms with E-state index in [1.165, 1.54) is 0 Å². The molecule has 1 N–H and O–H groups in total. The lowest BCUT2D eigenvalue weighted by Crippen LogP contribution is -2.05. The number of hydrogen-bond donors (Lipinski definition) is 1. The van der Waals surface area contributed by atoms with Gasteiger partial charge in [0.25, 0.3) is 0 Å². The lowest BCUT2D eigenvalue weighted by molar-refractivity contribution is 0.991. The first-order valence-corrected chi connectivity index (χ1v) is 4.67. The van der Waals surface area contributed by atoms with Gasteiger partial charge in [-0.2, -0.15) is 0 Å². The zero-order valence-corrected chi connectivity index (χ0v) is 9.24. The van der Waals surface area contributed by atoms with E-state index in [-0.39, 0.29) is 0 Å². The molecule has 0 unspecified atom stereocenters. The van der Waals surface area contributed by atoms with Crippen LogP contribution in [-0.4, -0.2) is 16.7 Å². The first-order valence-electron chi connectivity index (χ1n) is 4.29. The second kappa shape index (κ2) is 4.83. The summed E-state index contributed by atoms with van der Waals surface area (Å²) in [7, 11) is 0. The zero-order chi connectivity index (χ0) is 10.6. The fourth-order valence-electron chi connectivity index (χ4n) is 0.960. The van der Waals surface area contributed by atoms with E-state index in [1.807, 2.05) is 13.8 Å². The van der Waals surface area contributed by atoms with Crippen LogP contribution >= 0.6 is 11.6 Å². The van der Waals surface area contributed by atoms with Crippen molar-refractivity contribution in [3.05, 3.63) is 16.3 Å². The molecule has 0 amide bonds. The first kappa shape index (κ1) is 10.8. The molecule has 1 rings (SSSR count). The molecule has 0 aromatic carbocycles. The molecule has 0 bridgehead atoms. The van der Waals surface area contributed by atoms with Crippen LogP contribution < -0.4 is 5.32 Å². The molecule has 74 valence electrons. The monoisotopic (exact) mass is 209 g/mol. The van der Waals surface area contributed by atoms with Gasteiger partial charge in [-0.3, -0.25) is 0 Å². The normalized spacial score (nSPS) is 9.14. The van der Waals surface area contributed by atoms with Crippen LogP contribution in [-0.2, 0) is 0 Å². The molecule has 14 heavy (non-hydrogen) atoms. The molecule has 1 heterocycles. The summed E-state index contributed by atoms with van der Waals surface area (Å²) >= 11 is 5.82. The Hall–Kier alpha value is -1.27. The van der Waals surface area contributed by atoms with Gasteiger partial charge in [0.2, 0.25) is 0 Å². The SMILES string of the molecule is CC#CCNc1nnc(Cl)c(C)c1C. The van der Waals surface area contributed by atoms with E-state index in [2.05, 4.69) is 27.4 Å². The maximum atomic E-state index is 5.82. The molecule has 0 aliphatic heterocycles. The summed E-state index contributed by atoms with van der Waals surface area (Å²) in [6, 6.07) is 0. The van der Waals surface area contributed by atoms with Crippen LogP contribution in [0.4, 0.5) is 5.82 Å². The van der Waals surface area contributed by atoms with Crippen molar-refractivity contribution < 1.29 is 0 Å². The largest absolute Gasteiger partial charge is 0.357 e. The van der Waals surface area contributed by atoms with Crippen LogP contribution in [0, 0.1) is 25.7 Å². The Labute approximate surface area is 88.9 Å². The van der Waals surface area contributed by atoms with E-state index < -0.39 is 0 Å². The van der Waals surface area contributed by atoms with Crippen molar-refractivity contribution in [2.24, 2.45) is 0 Å². The quantitative estimate of drug-likeness (QED) is 0.759. The van der Waals surface area contributed by atoms with Crippen LogP contribution in [0.25, 0.3) is 0 Å². The van der Waals surface area contributed by atoms with Gasteiger partial charge in [0.15, 0.2) is 11.0 Å². The summed E-state index contributed by atoms with van der Waals surface area (Å²) in [6.07, 6.45) is 0. The Kier molecular flexibility index (Phi) is 3.73. The van der Waals surface area contributed by atoms with Gasteiger partial charge < -0.3 is 5.32 Å². The van der Waals surface area contributed by atoms with E-state index in [4.69, 9.17) is 11.6 Å². The van der Waals surface area contributed by atoms with Crippen molar-refractivity contribution in [2.75, 3.05) is 11.9 Å². The van der Waals surface area contributed by atoms with Gasteiger partial charge in [0, 0.05) is 0 Å². The summed E-state index contributed by atoms with van der Waals surface area (Å²) in [5.74, 6) is 6.44. The minimum Gasteiger partial charge on any atom is -0.357 e. The molecule has 0 saturated carbocycles. The van der Waals surface area contributed by atoms with Crippen molar-refractivity contribution in [3.63, 3.8) is 0 Å². The van der Waals surface area contributed by atoms with Crippen LogP contribution in [0.1, 0.15) is 18.1 Å². The van der Waals surface area contributed by atoms with Crippen LogP contribution in [0.15, 0.2) is 0 Å². The van der Waals surface area contributed by atoms with Crippen LogP contribution in [0.3, 0.4) is 0 Å². The van der Waals surface area contributed by atoms with E-state index in [0.717, 1.165) is 16.9 Å². The van der Waals surface area contributed by atoms with Crippen molar-refractivity contribution >= 4 is 17.4 Å². The molecule has 0 fully saturated rings. The van der Waals surface area contributed by atoms with Gasteiger partial charge in [0.1, 0.15) is 0 Å². The summed E-state index contributed by atoms with van der Waals surface area (Å²) in [6.45, 7) is 6.25. The highest BCUT2D eigenvalue weighted by Gasteiger charge is 2.06. The van der Waals surface area contributed by atoms with Gasteiger partial charge in [-0.05, 0) is 31.9 Å². The Morgan fingerprint density at radius 3 is 2.64 bits per heavy atom. The molecule has 0 spiro atoms. The Morgan fingerprint density at radius 2 is 2.00 bits per heavy atom. The minimum absolute atomic E-state index is 0.453. The lowest BCUT2D eigenvalue weighted by atomic mass is 10.2. The number of rotatable bonds is 2. The van der Waals surface area contributed by atoms with Crippen LogP contribution in [0.2, 0.25) is 5.15 Å². The molecule has 1 aromatic heterocycles. The van der Waals surface area contributed by atoms with E-state index in [1.54, 1.807) is 6.92 Å². The highest BCUT2D eigenvalue weighted by atomic mass is 35.5. The van der Waals surface area contributed by atoms with Gasteiger partial charge in [0.05, 0.1) is 6.54 Å². The highest BCUT2D eigenvalue weighted by molar-refractivity contribution is 6.30. The fraction of sp³-hybridized carbons (Fsp3) is 0.400. The highest BCUT2D eigenvalue weighted by Crippen LogP contribution is 2.19. The second-order valence-corrected chi connectivity index (χ2v) is 3.23. The smallest absolute Gasteiger partial charge is 0.155 e. The van der Waals surface area contributed by atoms with Gasteiger partial charge in [-0.15, -0.1) is 16.1 Å². The number of nitrogens with one attached hydrogen (secondary N) is 1. The molecule has 3 nitrogen and oxygen atoms in total. The molecular weight excluding hydrogens is 198 g/mol. The lowest BCUT2D eigenvalue weighted by Gasteiger charge is -2.07. The molecule has 0 radical (unpaired) electrons. The molecule has 0 aliphatic rings. The zero-order valence-electron chi connectivity index (χ0n) is 8.48. The topological polar surface area (TPSA) is 37.8 Å².